The summed E-state index contributed by atoms with van der Waals surface area (Å²) in [6.45, 7) is 6.12. The van der Waals surface area contributed by atoms with Crippen molar-refractivity contribution in [1.82, 2.24) is 19.4 Å². The minimum absolute atomic E-state index is 0.0485. The van der Waals surface area contributed by atoms with Crippen LogP contribution in [0.4, 0.5) is 0 Å². The Hall–Kier alpha value is -2.44. The largest absolute Gasteiger partial charge is 0.466 e. The molecule has 144 valence electrons. The molecule has 0 N–H and O–H groups in total. The molecule has 7 nitrogen and oxygen atoms in total. The fourth-order valence-corrected chi connectivity index (χ4v) is 5.01. The highest BCUT2D eigenvalue weighted by molar-refractivity contribution is 6.05. The first-order valence-electron chi connectivity index (χ1n) is 9.72. The Balaban J connectivity index is 1.74. The molecule has 0 spiro atoms. The zero-order valence-electron chi connectivity index (χ0n) is 16.4. The van der Waals surface area contributed by atoms with E-state index in [1.54, 1.807) is 12.3 Å². The molecule has 1 amide bonds. The highest BCUT2D eigenvalue weighted by Crippen LogP contribution is 2.53. The van der Waals surface area contributed by atoms with E-state index >= 15 is 0 Å². The first kappa shape index (κ1) is 17.9. The summed E-state index contributed by atoms with van der Waals surface area (Å²) in [6.07, 6.45) is 4.82. The maximum Gasteiger partial charge on any atom is 0.314 e. The van der Waals surface area contributed by atoms with E-state index in [0.29, 0.717) is 36.2 Å². The maximum absolute atomic E-state index is 13.5. The van der Waals surface area contributed by atoms with Crippen LogP contribution in [-0.4, -0.2) is 50.0 Å². The van der Waals surface area contributed by atoms with E-state index in [9.17, 15) is 9.59 Å². The predicted molar refractivity (Wildman–Crippen MR) is 100 cm³/mol. The van der Waals surface area contributed by atoms with Crippen molar-refractivity contribution in [1.29, 1.82) is 0 Å². The lowest BCUT2D eigenvalue weighted by atomic mass is 9.72. The van der Waals surface area contributed by atoms with Gasteiger partial charge in [-0.15, -0.1) is 0 Å². The number of nitrogens with zero attached hydrogens (tertiary/aromatic N) is 4. The van der Waals surface area contributed by atoms with Gasteiger partial charge in [0.05, 0.1) is 17.6 Å². The number of aryl methyl sites for hydroxylation is 2. The molecule has 0 radical (unpaired) electrons. The van der Waals surface area contributed by atoms with Crippen molar-refractivity contribution in [3.63, 3.8) is 0 Å². The molecule has 3 atom stereocenters. The molecule has 0 aliphatic carbocycles. The van der Waals surface area contributed by atoms with Crippen molar-refractivity contribution in [2.24, 2.45) is 12.5 Å². The summed E-state index contributed by atoms with van der Waals surface area (Å²) in [6, 6.07) is 1.72. The van der Waals surface area contributed by atoms with Crippen molar-refractivity contribution >= 4 is 23.0 Å². The van der Waals surface area contributed by atoms with Crippen LogP contribution in [0.3, 0.4) is 0 Å². The number of carbonyl (C=O) groups is 2. The van der Waals surface area contributed by atoms with Crippen molar-refractivity contribution in [3.05, 3.63) is 23.7 Å². The molecule has 7 heteroatoms. The lowest BCUT2D eigenvalue weighted by Gasteiger charge is -2.34. The molecule has 0 aromatic carbocycles. The van der Waals surface area contributed by atoms with Crippen LogP contribution in [0.25, 0.3) is 11.2 Å². The average Bonchev–Trinajstić information content (AvgIpc) is 3.32. The van der Waals surface area contributed by atoms with Crippen molar-refractivity contribution in [2.45, 2.75) is 58.5 Å². The van der Waals surface area contributed by atoms with Gasteiger partial charge in [-0.25, -0.2) is 9.97 Å². The van der Waals surface area contributed by atoms with E-state index in [-0.39, 0.29) is 24.0 Å². The van der Waals surface area contributed by atoms with Gasteiger partial charge < -0.3 is 14.2 Å². The Morgan fingerprint density at radius 1 is 1.33 bits per heavy atom. The van der Waals surface area contributed by atoms with Crippen molar-refractivity contribution < 1.29 is 14.3 Å². The number of ether oxygens (including phenoxy) is 1. The Bertz CT molecular complexity index is 921. The van der Waals surface area contributed by atoms with Gasteiger partial charge in [0.15, 0.2) is 5.65 Å². The van der Waals surface area contributed by atoms with Crippen LogP contribution in [0.2, 0.25) is 0 Å². The quantitative estimate of drug-likeness (QED) is 0.773. The van der Waals surface area contributed by atoms with Crippen molar-refractivity contribution in [2.75, 3.05) is 6.61 Å². The second kappa shape index (κ2) is 6.32. The molecular weight excluding hydrogens is 344 g/mol. The first-order valence-corrected chi connectivity index (χ1v) is 9.72. The van der Waals surface area contributed by atoms with Gasteiger partial charge >= 0.3 is 5.97 Å². The number of imidazole rings is 1. The van der Waals surface area contributed by atoms with Gasteiger partial charge in [0, 0.05) is 25.3 Å². The predicted octanol–water partition coefficient (Wildman–Crippen LogP) is 2.61. The SMILES string of the molecule is CCOC(=O)[C@@]1(CC)C[C@H]2CC[C@@H]1N2C(=O)c1ccnc2c1nc(C)n2C. The highest BCUT2D eigenvalue weighted by atomic mass is 16.5. The fraction of sp³-hybridized carbons (Fsp3) is 0.600. The molecule has 2 aromatic rings. The molecule has 2 bridgehead atoms. The fourth-order valence-electron chi connectivity index (χ4n) is 5.01. The number of fused-ring (bicyclic) bond motifs is 3. The van der Waals surface area contributed by atoms with E-state index in [4.69, 9.17) is 4.74 Å². The van der Waals surface area contributed by atoms with Crippen LogP contribution in [-0.2, 0) is 16.6 Å². The minimum Gasteiger partial charge on any atom is -0.466 e. The van der Waals surface area contributed by atoms with Crippen LogP contribution in [0.5, 0.6) is 0 Å². The number of aromatic nitrogens is 3. The third-order valence-electron chi connectivity index (χ3n) is 6.50. The summed E-state index contributed by atoms with van der Waals surface area (Å²) >= 11 is 0. The number of hydrogen-bond donors (Lipinski definition) is 0. The molecular formula is C20H26N4O3. The molecule has 4 heterocycles. The molecule has 2 fully saturated rings. The van der Waals surface area contributed by atoms with Crippen molar-refractivity contribution in [3.8, 4) is 0 Å². The van der Waals surface area contributed by atoms with Gasteiger partial charge in [-0.3, -0.25) is 9.59 Å². The van der Waals surface area contributed by atoms with Gasteiger partial charge in [0.2, 0.25) is 0 Å². The van der Waals surface area contributed by atoms with Crippen LogP contribution in [0.15, 0.2) is 12.3 Å². The van der Waals surface area contributed by atoms with E-state index in [1.807, 2.05) is 37.3 Å². The Kier molecular flexibility index (Phi) is 4.20. The monoisotopic (exact) mass is 370 g/mol. The standard InChI is InChI=1S/C20H26N4O3/c1-5-20(19(26)27-6-2)11-13-7-8-15(20)24(13)18(25)14-9-10-21-17-16(14)22-12(3)23(17)4/h9-10,13,15H,5-8,11H2,1-4H3/t13-,15+,20+/m1/s1. The summed E-state index contributed by atoms with van der Waals surface area (Å²) in [5, 5.41) is 0. The Labute approximate surface area is 158 Å². The summed E-state index contributed by atoms with van der Waals surface area (Å²) in [5.74, 6) is 0.607. The summed E-state index contributed by atoms with van der Waals surface area (Å²) in [7, 11) is 1.90. The van der Waals surface area contributed by atoms with Gasteiger partial charge in [-0.05, 0) is 45.6 Å². The summed E-state index contributed by atoms with van der Waals surface area (Å²) in [5.41, 5.74) is 1.32. The number of pyridine rings is 1. The van der Waals surface area contributed by atoms with Gasteiger partial charge in [-0.1, -0.05) is 6.92 Å². The maximum atomic E-state index is 13.5. The molecule has 2 saturated heterocycles. The van der Waals surface area contributed by atoms with Crippen LogP contribution in [0, 0.1) is 12.3 Å². The molecule has 27 heavy (non-hydrogen) atoms. The van der Waals surface area contributed by atoms with Crippen LogP contribution < -0.4 is 0 Å². The number of esters is 1. The minimum atomic E-state index is -0.583. The summed E-state index contributed by atoms with van der Waals surface area (Å²) < 4.78 is 7.28. The Morgan fingerprint density at radius 3 is 2.81 bits per heavy atom. The molecule has 0 saturated carbocycles. The molecule has 2 aliphatic rings. The topological polar surface area (TPSA) is 77.3 Å². The number of hydrogen-bond acceptors (Lipinski definition) is 5. The second-order valence-corrected chi connectivity index (χ2v) is 7.64. The van der Waals surface area contributed by atoms with E-state index in [0.717, 1.165) is 18.7 Å². The van der Waals surface area contributed by atoms with E-state index < -0.39 is 5.41 Å². The lowest BCUT2D eigenvalue weighted by Crippen LogP contribution is -2.45. The Morgan fingerprint density at radius 2 is 2.11 bits per heavy atom. The van der Waals surface area contributed by atoms with Gasteiger partial charge in [0.1, 0.15) is 11.3 Å². The van der Waals surface area contributed by atoms with Crippen LogP contribution >= 0.6 is 0 Å². The molecule has 2 aromatic heterocycles. The van der Waals surface area contributed by atoms with Gasteiger partial charge in [0.25, 0.3) is 5.91 Å². The zero-order valence-corrected chi connectivity index (χ0v) is 16.4. The second-order valence-electron chi connectivity index (χ2n) is 7.64. The lowest BCUT2D eigenvalue weighted by molar-refractivity contribution is -0.157. The summed E-state index contributed by atoms with van der Waals surface area (Å²) in [4.78, 5) is 37.2. The first-order chi connectivity index (χ1) is 12.9. The average molecular weight is 370 g/mol. The molecule has 2 aliphatic heterocycles. The van der Waals surface area contributed by atoms with Gasteiger partial charge in [-0.2, -0.15) is 0 Å². The number of carbonyl (C=O) groups excluding carboxylic acids is 2. The third kappa shape index (κ3) is 2.40. The molecule has 4 rings (SSSR count). The van der Waals surface area contributed by atoms with Crippen LogP contribution in [0.1, 0.15) is 55.7 Å². The van der Waals surface area contributed by atoms with E-state index in [2.05, 4.69) is 9.97 Å². The zero-order chi connectivity index (χ0) is 19.3. The highest BCUT2D eigenvalue weighted by Gasteiger charge is 2.61. The smallest absolute Gasteiger partial charge is 0.314 e. The third-order valence-corrected chi connectivity index (χ3v) is 6.50. The normalized spacial score (nSPS) is 26.7. The van der Waals surface area contributed by atoms with E-state index in [1.165, 1.54) is 0 Å². The molecule has 0 unspecified atom stereocenters. The number of amides is 1. The number of rotatable bonds is 4.